The Labute approximate surface area is 177 Å². The molecule has 5 nitrogen and oxygen atoms in total. The fourth-order valence-electron chi connectivity index (χ4n) is 2.40. The lowest BCUT2D eigenvalue weighted by molar-refractivity contribution is 0.133. The second kappa shape index (κ2) is 13.1. The topological polar surface area (TPSA) is 58.5 Å². The van der Waals surface area contributed by atoms with Crippen LogP contribution in [0.25, 0.3) is 0 Å². The predicted molar refractivity (Wildman–Crippen MR) is 121 cm³/mol. The molecule has 2 rings (SSSR count). The van der Waals surface area contributed by atoms with Crippen LogP contribution in [0.5, 0.6) is 0 Å². The van der Waals surface area contributed by atoms with Gasteiger partial charge in [-0.2, -0.15) is 0 Å². The summed E-state index contributed by atoms with van der Waals surface area (Å²) in [7, 11) is 1.79. The van der Waals surface area contributed by atoms with Crippen molar-refractivity contribution in [2.75, 3.05) is 20.2 Å². The molecule has 0 aliphatic carbocycles. The largest absolute Gasteiger partial charge is 0.377 e. The van der Waals surface area contributed by atoms with Gasteiger partial charge in [0.15, 0.2) is 5.96 Å². The third-order valence-corrected chi connectivity index (χ3v) is 5.03. The molecular formula is C19H29IN4OS. The summed E-state index contributed by atoms with van der Waals surface area (Å²) >= 11 is 1.79. The number of nitrogens with one attached hydrogen (secondary N) is 2. The van der Waals surface area contributed by atoms with Crippen LogP contribution in [0.1, 0.15) is 34.9 Å². The SMILES string of the molecule is CCOCc1ccccc1CNC(=NC)NCCc1ncc(CC)s1.I. The number of hydrogen-bond donors (Lipinski definition) is 2. The molecule has 0 saturated heterocycles. The molecule has 7 heteroatoms. The van der Waals surface area contributed by atoms with Crippen LogP contribution >= 0.6 is 35.3 Å². The van der Waals surface area contributed by atoms with Gasteiger partial charge < -0.3 is 15.4 Å². The second-order valence-electron chi connectivity index (χ2n) is 5.58. The lowest BCUT2D eigenvalue weighted by Gasteiger charge is -2.14. The van der Waals surface area contributed by atoms with Crippen molar-refractivity contribution in [3.63, 3.8) is 0 Å². The van der Waals surface area contributed by atoms with Crippen molar-refractivity contribution in [3.05, 3.63) is 51.5 Å². The lowest BCUT2D eigenvalue weighted by Crippen LogP contribution is -2.38. The smallest absolute Gasteiger partial charge is 0.191 e. The fourth-order valence-corrected chi connectivity index (χ4v) is 3.26. The molecule has 1 aromatic heterocycles. The predicted octanol–water partition coefficient (Wildman–Crippen LogP) is 3.77. The van der Waals surface area contributed by atoms with Crippen LogP contribution in [-0.2, 0) is 30.7 Å². The van der Waals surface area contributed by atoms with E-state index in [1.54, 1.807) is 18.4 Å². The summed E-state index contributed by atoms with van der Waals surface area (Å²) in [5.41, 5.74) is 2.44. The molecule has 0 bridgehead atoms. The number of benzene rings is 1. The number of aryl methyl sites for hydroxylation is 1. The van der Waals surface area contributed by atoms with Crippen LogP contribution in [0.15, 0.2) is 35.5 Å². The van der Waals surface area contributed by atoms with E-state index in [0.717, 1.165) is 38.5 Å². The molecule has 0 aliphatic heterocycles. The number of halogens is 1. The zero-order valence-corrected chi connectivity index (χ0v) is 18.9. The highest BCUT2D eigenvalue weighted by atomic mass is 127. The van der Waals surface area contributed by atoms with E-state index < -0.39 is 0 Å². The molecule has 0 atom stereocenters. The molecule has 0 amide bonds. The molecule has 0 spiro atoms. The van der Waals surface area contributed by atoms with Gasteiger partial charge in [-0.05, 0) is 24.5 Å². The highest BCUT2D eigenvalue weighted by Gasteiger charge is 2.05. The van der Waals surface area contributed by atoms with Gasteiger partial charge in [-0.3, -0.25) is 4.99 Å². The van der Waals surface area contributed by atoms with E-state index in [0.29, 0.717) is 6.61 Å². The number of aliphatic imine (C=N–C) groups is 1. The van der Waals surface area contributed by atoms with Crippen molar-refractivity contribution < 1.29 is 4.74 Å². The molecule has 1 aromatic carbocycles. The fraction of sp³-hybridized carbons (Fsp3) is 0.474. The quantitative estimate of drug-likeness (QED) is 0.321. The molecule has 0 radical (unpaired) electrons. The minimum absolute atomic E-state index is 0. The zero-order valence-electron chi connectivity index (χ0n) is 15.7. The maximum absolute atomic E-state index is 5.54. The van der Waals surface area contributed by atoms with Crippen molar-refractivity contribution in [1.29, 1.82) is 0 Å². The van der Waals surface area contributed by atoms with Crippen molar-refractivity contribution in [2.24, 2.45) is 4.99 Å². The molecule has 0 unspecified atom stereocenters. The van der Waals surface area contributed by atoms with Gasteiger partial charge in [-0.25, -0.2) is 4.98 Å². The van der Waals surface area contributed by atoms with E-state index in [1.807, 2.05) is 19.2 Å². The first-order valence-electron chi connectivity index (χ1n) is 8.79. The van der Waals surface area contributed by atoms with Crippen molar-refractivity contribution in [2.45, 2.75) is 39.8 Å². The molecule has 26 heavy (non-hydrogen) atoms. The van der Waals surface area contributed by atoms with E-state index in [1.165, 1.54) is 21.0 Å². The molecule has 2 N–H and O–H groups in total. The highest BCUT2D eigenvalue weighted by molar-refractivity contribution is 14.0. The minimum Gasteiger partial charge on any atom is -0.377 e. The first kappa shape index (κ1) is 22.9. The van der Waals surface area contributed by atoms with E-state index in [2.05, 4.69) is 45.7 Å². The lowest BCUT2D eigenvalue weighted by atomic mass is 10.1. The summed E-state index contributed by atoms with van der Waals surface area (Å²) in [4.78, 5) is 10.1. The van der Waals surface area contributed by atoms with E-state index in [9.17, 15) is 0 Å². The third kappa shape index (κ3) is 7.59. The summed E-state index contributed by atoms with van der Waals surface area (Å²) in [6, 6.07) is 8.33. The Morgan fingerprint density at radius 1 is 1.19 bits per heavy atom. The van der Waals surface area contributed by atoms with Gasteiger partial charge in [0.2, 0.25) is 0 Å². The maximum Gasteiger partial charge on any atom is 0.191 e. The highest BCUT2D eigenvalue weighted by Crippen LogP contribution is 2.13. The summed E-state index contributed by atoms with van der Waals surface area (Å²) in [6.45, 7) is 7.08. The standard InChI is InChI=1S/C19H28N4OS.HI/c1-4-17-13-22-18(25-17)10-11-21-19(20-3)23-12-15-8-6-7-9-16(15)14-24-5-2;/h6-9,13H,4-5,10-12,14H2,1-3H3,(H2,20,21,23);1H. The number of thiazole rings is 1. The monoisotopic (exact) mass is 488 g/mol. The number of aromatic nitrogens is 1. The Kier molecular flexibility index (Phi) is 11.5. The van der Waals surface area contributed by atoms with Crippen LogP contribution in [0.2, 0.25) is 0 Å². The van der Waals surface area contributed by atoms with Gasteiger partial charge in [0, 0.05) is 44.2 Å². The van der Waals surface area contributed by atoms with E-state index in [-0.39, 0.29) is 24.0 Å². The summed E-state index contributed by atoms with van der Waals surface area (Å²) in [5.74, 6) is 0.804. The van der Waals surface area contributed by atoms with Crippen LogP contribution in [0, 0.1) is 0 Å². The number of guanidine groups is 1. The van der Waals surface area contributed by atoms with Crippen LogP contribution in [0.4, 0.5) is 0 Å². The first-order chi connectivity index (χ1) is 12.3. The molecule has 1 heterocycles. The Morgan fingerprint density at radius 3 is 2.62 bits per heavy atom. The Morgan fingerprint density at radius 2 is 1.96 bits per heavy atom. The maximum atomic E-state index is 5.54. The normalized spacial score (nSPS) is 11.1. The van der Waals surface area contributed by atoms with E-state index in [4.69, 9.17) is 4.74 Å². The molecule has 144 valence electrons. The van der Waals surface area contributed by atoms with Crippen LogP contribution in [0.3, 0.4) is 0 Å². The van der Waals surface area contributed by atoms with Crippen molar-refractivity contribution >= 4 is 41.3 Å². The van der Waals surface area contributed by atoms with Crippen molar-refractivity contribution in [3.8, 4) is 0 Å². The second-order valence-corrected chi connectivity index (χ2v) is 6.78. The van der Waals surface area contributed by atoms with E-state index >= 15 is 0 Å². The Balaban J connectivity index is 0.00000338. The van der Waals surface area contributed by atoms with Gasteiger partial charge in [-0.1, -0.05) is 31.2 Å². The molecule has 0 aliphatic rings. The first-order valence-corrected chi connectivity index (χ1v) is 9.61. The summed E-state index contributed by atoms with van der Waals surface area (Å²) in [5, 5.41) is 7.89. The molecule has 0 saturated carbocycles. The summed E-state index contributed by atoms with van der Waals surface area (Å²) < 4.78 is 5.54. The average molecular weight is 488 g/mol. The zero-order chi connectivity index (χ0) is 17.9. The molecule has 2 aromatic rings. The minimum atomic E-state index is 0. The summed E-state index contributed by atoms with van der Waals surface area (Å²) in [6.07, 6.45) is 3.93. The number of nitrogens with zero attached hydrogens (tertiary/aromatic N) is 2. The number of ether oxygens (including phenoxy) is 1. The van der Waals surface area contributed by atoms with Gasteiger partial charge in [-0.15, -0.1) is 35.3 Å². The average Bonchev–Trinajstić information content (AvgIpc) is 3.11. The van der Waals surface area contributed by atoms with Gasteiger partial charge >= 0.3 is 0 Å². The van der Waals surface area contributed by atoms with Crippen LogP contribution < -0.4 is 10.6 Å². The molecular weight excluding hydrogens is 459 g/mol. The van der Waals surface area contributed by atoms with Gasteiger partial charge in [0.25, 0.3) is 0 Å². The Hall–Kier alpha value is -1.19. The van der Waals surface area contributed by atoms with Gasteiger partial charge in [0.05, 0.1) is 11.6 Å². The molecule has 0 fully saturated rings. The number of hydrogen-bond acceptors (Lipinski definition) is 4. The number of rotatable bonds is 9. The van der Waals surface area contributed by atoms with Crippen molar-refractivity contribution in [1.82, 2.24) is 15.6 Å². The Bertz CT molecular complexity index is 675. The van der Waals surface area contributed by atoms with Crippen LogP contribution in [-0.4, -0.2) is 31.1 Å². The van der Waals surface area contributed by atoms with Gasteiger partial charge in [0.1, 0.15) is 0 Å². The third-order valence-electron chi connectivity index (χ3n) is 3.83.